The van der Waals surface area contributed by atoms with Crippen LogP contribution in [0.15, 0.2) is 18.2 Å². The number of rotatable bonds is 0. The number of hydrogen-bond donors (Lipinski definition) is 0. The molecule has 1 aromatic rings. The molecule has 1 nitrogen and oxygen atoms in total. The molecule has 1 heteroatoms. The van der Waals surface area contributed by atoms with Crippen molar-refractivity contribution in [1.29, 1.82) is 0 Å². The van der Waals surface area contributed by atoms with Crippen LogP contribution in [0.5, 0.6) is 0 Å². The summed E-state index contributed by atoms with van der Waals surface area (Å²) in [4.78, 5) is 0. The maximum Gasteiger partial charge on any atom is 0.0731 e. The third kappa shape index (κ3) is 0.736. The molecule has 1 radical (unpaired) electrons. The lowest BCUT2D eigenvalue weighted by Gasteiger charge is -1.89. The summed E-state index contributed by atoms with van der Waals surface area (Å²) >= 11 is 0. The quantitative estimate of drug-likeness (QED) is 0.503. The first-order valence-corrected chi connectivity index (χ1v) is 3.03. The van der Waals surface area contributed by atoms with E-state index < -0.39 is 0 Å². The molecule has 1 aliphatic rings. The Morgan fingerprint density at radius 3 is 3.33 bits per heavy atom. The first kappa shape index (κ1) is 5.00. The first-order valence-electron chi connectivity index (χ1n) is 3.03. The maximum absolute atomic E-state index is 5.18. The second-order valence-electron chi connectivity index (χ2n) is 2.17. The number of hydrogen-bond acceptors (Lipinski definition) is 1. The molecule has 0 saturated carbocycles. The van der Waals surface area contributed by atoms with Gasteiger partial charge in [-0.25, -0.2) is 0 Å². The SMILES string of the molecule is [c]1cccc2c1COC2. The molecule has 9 heavy (non-hydrogen) atoms. The van der Waals surface area contributed by atoms with E-state index in [-0.39, 0.29) is 0 Å². The molecule has 0 saturated heterocycles. The predicted molar refractivity (Wildman–Crippen MR) is 33.8 cm³/mol. The number of fused-ring (bicyclic) bond motifs is 1. The lowest BCUT2D eigenvalue weighted by molar-refractivity contribution is 0.134. The fourth-order valence-electron chi connectivity index (χ4n) is 1.04. The molecule has 0 aromatic heterocycles. The van der Waals surface area contributed by atoms with Gasteiger partial charge in [0.1, 0.15) is 0 Å². The van der Waals surface area contributed by atoms with Crippen LogP contribution in [0, 0.1) is 6.07 Å². The molecule has 2 rings (SSSR count). The molecule has 1 aliphatic heterocycles. The van der Waals surface area contributed by atoms with Crippen molar-refractivity contribution >= 4 is 0 Å². The molecule has 0 N–H and O–H groups in total. The van der Waals surface area contributed by atoms with Gasteiger partial charge in [0.2, 0.25) is 0 Å². The Kier molecular flexibility index (Phi) is 1.03. The predicted octanol–water partition coefficient (Wildman–Crippen LogP) is 1.52. The first-order chi connectivity index (χ1) is 4.47. The van der Waals surface area contributed by atoms with Crippen molar-refractivity contribution in [3.8, 4) is 0 Å². The van der Waals surface area contributed by atoms with Crippen LogP contribution in [0.1, 0.15) is 11.1 Å². The average Bonchev–Trinajstić information content (AvgIpc) is 2.33. The Morgan fingerprint density at radius 1 is 1.44 bits per heavy atom. The van der Waals surface area contributed by atoms with Crippen molar-refractivity contribution in [2.24, 2.45) is 0 Å². The molecular weight excluding hydrogens is 112 g/mol. The molecule has 0 amide bonds. The second kappa shape index (κ2) is 1.85. The van der Waals surface area contributed by atoms with Gasteiger partial charge >= 0.3 is 0 Å². The lowest BCUT2D eigenvalue weighted by atomic mass is 10.1. The molecule has 0 aliphatic carbocycles. The van der Waals surface area contributed by atoms with E-state index in [2.05, 4.69) is 12.1 Å². The van der Waals surface area contributed by atoms with E-state index >= 15 is 0 Å². The molecule has 0 unspecified atom stereocenters. The third-order valence-electron chi connectivity index (χ3n) is 1.54. The maximum atomic E-state index is 5.18. The molecule has 1 heterocycles. The molecule has 0 bridgehead atoms. The van der Waals surface area contributed by atoms with E-state index in [0.717, 1.165) is 13.2 Å². The number of ether oxygens (including phenoxy) is 1. The van der Waals surface area contributed by atoms with E-state index in [1.807, 2.05) is 12.1 Å². The highest BCUT2D eigenvalue weighted by molar-refractivity contribution is 5.26. The van der Waals surface area contributed by atoms with Crippen LogP contribution in [0.4, 0.5) is 0 Å². The zero-order chi connectivity index (χ0) is 6.10. The second-order valence-corrected chi connectivity index (χ2v) is 2.17. The van der Waals surface area contributed by atoms with Gasteiger partial charge < -0.3 is 4.74 Å². The van der Waals surface area contributed by atoms with Gasteiger partial charge in [0.05, 0.1) is 13.2 Å². The van der Waals surface area contributed by atoms with Crippen molar-refractivity contribution in [2.75, 3.05) is 0 Å². The van der Waals surface area contributed by atoms with Crippen LogP contribution in [0.25, 0.3) is 0 Å². The fourth-order valence-corrected chi connectivity index (χ4v) is 1.04. The largest absolute Gasteiger partial charge is 0.372 e. The molecular formula is C8H7O. The highest BCUT2D eigenvalue weighted by Gasteiger charge is 2.07. The van der Waals surface area contributed by atoms with Gasteiger partial charge in [-0.05, 0) is 17.2 Å². The van der Waals surface area contributed by atoms with Gasteiger partial charge in [0.25, 0.3) is 0 Å². The van der Waals surface area contributed by atoms with Crippen LogP contribution in [0.3, 0.4) is 0 Å². The van der Waals surface area contributed by atoms with Crippen LogP contribution < -0.4 is 0 Å². The van der Waals surface area contributed by atoms with Crippen molar-refractivity contribution < 1.29 is 4.74 Å². The normalized spacial score (nSPS) is 15.6. The molecule has 0 atom stereocenters. The van der Waals surface area contributed by atoms with Gasteiger partial charge in [0.15, 0.2) is 0 Å². The smallest absolute Gasteiger partial charge is 0.0731 e. The highest BCUT2D eigenvalue weighted by Crippen LogP contribution is 2.17. The fraction of sp³-hybridized carbons (Fsp3) is 0.250. The third-order valence-corrected chi connectivity index (χ3v) is 1.54. The van der Waals surface area contributed by atoms with Crippen molar-refractivity contribution in [2.45, 2.75) is 13.2 Å². The van der Waals surface area contributed by atoms with Gasteiger partial charge in [-0.15, -0.1) is 0 Å². The summed E-state index contributed by atoms with van der Waals surface area (Å²) < 4.78 is 5.18. The lowest BCUT2D eigenvalue weighted by Crippen LogP contribution is -1.77. The molecule has 0 spiro atoms. The van der Waals surface area contributed by atoms with E-state index in [1.54, 1.807) is 0 Å². The zero-order valence-corrected chi connectivity index (χ0v) is 5.05. The summed E-state index contributed by atoms with van der Waals surface area (Å²) in [6.45, 7) is 1.52. The Balaban J connectivity index is 2.54. The monoisotopic (exact) mass is 119 g/mol. The summed E-state index contributed by atoms with van der Waals surface area (Å²) in [6.07, 6.45) is 0. The van der Waals surface area contributed by atoms with Crippen molar-refractivity contribution in [3.63, 3.8) is 0 Å². The van der Waals surface area contributed by atoms with Crippen LogP contribution in [-0.4, -0.2) is 0 Å². The minimum Gasteiger partial charge on any atom is -0.372 e. The minimum absolute atomic E-state index is 0.746. The summed E-state index contributed by atoms with van der Waals surface area (Å²) in [7, 11) is 0. The zero-order valence-electron chi connectivity index (χ0n) is 5.05. The van der Waals surface area contributed by atoms with E-state index in [0.29, 0.717) is 0 Å². The van der Waals surface area contributed by atoms with Gasteiger partial charge in [-0.3, -0.25) is 0 Å². The summed E-state index contributed by atoms with van der Waals surface area (Å²) in [5.41, 5.74) is 2.51. The Labute approximate surface area is 54.3 Å². The molecule has 1 aromatic carbocycles. The van der Waals surface area contributed by atoms with Crippen LogP contribution in [-0.2, 0) is 18.0 Å². The van der Waals surface area contributed by atoms with Crippen LogP contribution in [0.2, 0.25) is 0 Å². The van der Waals surface area contributed by atoms with Gasteiger partial charge in [-0.1, -0.05) is 18.2 Å². The van der Waals surface area contributed by atoms with Crippen molar-refractivity contribution in [1.82, 2.24) is 0 Å². The van der Waals surface area contributed by atoms with E-state index in [1.165, 1.54) is 11.1 Å². The summed E-state index contributed by atoms with van der Waals surface area (Å²) in [5, 5.41) is 0. The Morgan fingerprint density at radius 2 is 2.44 bits per heavy atom. The molecule has 0 fully saturated rings. The van der Waals surface area contributed by atoms with Gasteiger partial charge in [0, 0.05) is 0 Å². The summed E-state index contributed by atoms with van der Waals surface area (Å²) in [5.74, 6) is 0. The standard InChI is InChI=1S/C8H7O/c1-2-4-8-6-9-5-7(8)3-1/h1-3H,5-6H2. The summed E-state index contributed by atoms with van der Waals surface area (Å²) in [6, 6.07) is 9.12. The number of benzene rings is 1. The minimum atomic E-state index is 0.746. The Bertz CT molecular complexity index is 195. The van der Waals surface area contributed by atoms with Gasteiger partial charge in [-0.2, -0.15) is 0 Å². The van der Waals surface area contributed by atoms with Crippen LogP contribution >= 0.6 is 0 Å². The highest BCUT2D eigenvalue weighted by atomic mass is 16.5. The van der Waals surface area contributed by atoms with Crippen molar-refractivity contribution in [3.05, 3.63) is 35.4 Å². The average molecular weight is 119 g/mol. The Hall–Kier alpha value is -0.820. The van der Waals surface area contributed by atoms with E-state index in [9.17, 15) is 0 Å². The topological polar surface area (TPSA) is 9.23 Å². The van der Waals surface area contributed by atoms with E-state index in [4.69, 9.17) is 4.74 Å². The molecule has 45 valence electrons.